The predicted octanol–water partition coefficient (Wildman–Crippen LogP) is 1.91. The summed E-state index contributed by atoms with van der Waals surface area (Å²) in [5, 5.41) is 2.61. The second kappa shape index (κ2) is 8.66. The van der Waals surface area contributed by atoms with Crippen LogP contribution in [0.1, 0.15) is 22.8 Å². The molecular weight excluding hydrogens is 336 g/mol. The van der Waals surface area contributed by atoms with Crippen LogP contribution in [-0.4, -0.2) is 31.0 Å². The van der Waals surface area contributed by atoms with Crippen LogP contribution in [0.5, 0.6) is 5.75 Å². The Balaban J connectivity index is 1.86. The lowest BCUT2D eigenvalue weighted by Gasteiger charge is -2.14. The molecule has 2 amide bonds. The van der Waals surface area contributed by atoms with Gasteiger partial charge in [-0.05, 0) is 48.9 Å². The minimum atomic E-state index is -0.962. The van der Waals surface area contributed by atoms with Crippen LogP contribution in [-0.2, 0) is 20.7 Å². The molecule has 2 aromatic rings. The molecule has 0 saturated heterocycles. The second-order valence-corrected chi connectivity index (χ2v) is 5.59. The Labute approximate surface area is 151 Å². The predicted molar refractivity (Wildman–Crippen MR) is 95.8 cm³/mol. The van der Waals surface area contributed by atoms with Gasteiger partial charge in [0.25, 0.3) is 5.91 Å². The van der Waals surface area contributed by atoms with Crippen LogP contribution in [0.3, 0.4) is 0 Å². The number of carbonyl (C=O) groups excluding carboxylic acids is 3. The van der Waals surface area contributed by atoms with Gasteiger partial charge in [0, 0.05) is 11.3 Å². The maximum atomic E-state index is 12.1. The minimum Gasteiger partial charge on any atom is -0.497 e. The summed E-state index contributed by atoms with van der Waals surface area (Å²) in [5.74, 6) is -0.845. The van der Waals surface area contributed by atoms with Crippen molar-refractivity contribution >= 4 is 23.5 Å². The van der Waals surface area contributed by atoms with Gasteiger partial charge >= 0.3 is 5.97 Å². The lowest BCUT2D eigenvalue weighted by molar-refractivity contribution is -0.152. The van der Waals surface area contributed by atoms with E-state index < -0.39 is 23.9 Å². The van der Waals surface area contributed by atoms with Gasteiger partial charge in [-0.2, -0.15) is 0 Å². The molecule has 1 atom stereocenters. The molecule has 0 bridgehead atoms. The molecule has 0 aliphatic carbocycles. The average Bonchev–Trinajstić information content (AvgIpc) is 2.62. The zero-order chi connectivity index (χ0) is 19.1. The number of hydrogen-bond acceptors (Lipinski definition) is 5. The first-order valence-electron chi connectivity index (χ1n) is 7.92. The molecule has 3 N–H and O–H groups in total. The number of methoxy groups -OCH3 is 1. The topological polar surface area (TPSA) is 108 Å². The number of benzene rings is 2. The van der Waals surface area contributed by atoms with Crippen molar-refractivity contribution in [3.63, 3.8) is 0 Å². The Hall–Kier alpha value is -3.35. The van der Waals surface area contributed by atoms with Crippen molar-refractivity contribution in [2.24, 2.45) is 5.73 Å². The molecular formula is C19H20N2O5. The van der Waals surface area contributed by atoms with E-state index in [0.29, 0.717) is 17.0 Å². The number of nitrogens with one attached hydrogen (secondary N) is 1. The summed E-state index contributed by atoms with van der Waals surface area (Å²) >= 11 is 0. The molecule has 0 radical (unpaired) electrons. The minimum absolute atomic E-state index is 0.0505. The summed E-state index contributed by atoms with van der Waals surface area (Å²) in [6.45, 7) is 1.49. The Morgan fingerprint density at radius 2 is 1.65 bits per heavy atom. The summed E-state index contributed by atoms with van der Waals surface area (Å²) in [4.78, 5) is 35.1. The highest BCUT2D eigenvalue weighted by molar-refractivity contribution is 5.96. The first-order chi connectivity index (χ1) is 12.4. The normalized spacial score (nSPS) is 11.3. The summed E-state index contributed by atoms with van der Waals surface area (Å²) in [6, 6.07) is 13.1. The molecule has 0 fully saturated rings. The van der Waals surface area contributed by atoms with Crippen LogP contribution >= 0.6 is 0 Å². The number of amides is 2. The maximum Gasteiger partial charge on any atom is 0.311 e. The van der Waals surface area contributed by atoms with Crippen LogP contribution in [0.4, 0.5) is 5.69 Å². The quantitative estimate of drug-likeness (QED) is 0.737. The second-order valence-electron chi connectivity index (χ2n) is 5.59. The molecule has 0 heterocycles. The van der Waals surface area contributed by atoms with Gasteiger partial charge in [0.1, 0.15) is 5.75 Å². The lowest BCUT2D eigenvalue weighted by atomic mass is 10.1. The number of primary amides is 1. The summed E-state index contributed by atoms with van der Waals surface area (Å²) in [6.07, 6.45) is -0.911. The van der Waals surface area contributed by atoms with Crippen LogP contribution in [0, 0.1) is 0 Å². The molecule has 0 aliphatic rings. The van der Waals surface area contributed by atoms with E-state index in [1.54, 1.807) is 43.5 Å². The molecule has 2 rings (SSSR count). The highest BCUT2D eigenvalue weighted by Gasteiger charge is 2.18. The Morgan fingerprint density at radius 3 is 2.19 bits per heavy atom. The van der Waals surface area contributed by atoms with Crippen molar-refractivity contribution in [3.8, 4) is 5.75 Å². The third-order valence-electron chi connectivity index (χ3n) is 3.62. The van der Waals surface area contributed by atoms with Crippen molar-refractivity contribution in [2.75, 3.05) is 12.4 Å². The van der Waals surface area contributed by atoms with Crippen molar-refractivity contribution in [3.05, 3.63) is 59.7 Å². The molecule has 0 aromatic heterocycles. The average molecular weight is 356 g/mol. The van der Waals surface area contributed by atoms with Crippen molar-refractivity contribution in [1.29, 1.82) is 0 Å². The Morgan fingerprint density at radius 1 is 1.04 bits per heavy atom. The van der Waals surface area contributed by atoms with Gasteiger partial charge < -0.3 is 20.5 Å². The number of esters is 1. The van der Waals surface area contributed by atoms with Gasteiger partial charge in [0.05, 0.1) is 13.5 Å². The van der Waals surface area contributed by atoms with Crippen molar-refractivity contribution < 1.29 is 23.9 Å². The van der Waals surface area contributed by atoms with Gasteiger partial charge in [0.15, 0.2) is 6.10 Å². The summed E-state index contributed by atoms with van der Waals surface area (Å²) < 4.78 is 10.2. The highest BCUT2D eigenvalue weighted by atomic mass is 16.5. The fourth-order valence-corrected chi connectivity index (χ4v) is 2.16. The smallest absolute Gasteiger partial charge is 0.311 e. The van der Waals surface area contributed by atoms with E-state index in [-0.39, 0.29) is 6.42 Å². The Kier molecular flexibility index (Phi) is 6.32. The zero-order valence-corrected chi connectivity index (χ0v) is 14.5. The lowest BCUT2D eigenvalue weighted by Crippen LogP contribution is -2.30. The number of ether oxygens (including phenoxy) is 2. The monoisotopic (exact) mass is 356 g/mol. The van der Waals surface area contributed by atoms with Gasteiger partial charge in [-0.1, -0.05) is 12.1 Å². The number of anilines is 1. The van der Waals surface area contributed by atoms with E-state index in [1.807, 2.05) is 0 Å². The third-order valence-corrected chi connectivity index (χ3v) is 3.62. The maximum absolute atomic E-state index is 12.1. The van der Waals surface area contributed by atoms with Crippen LogP contribution in [0.15, 0.2) is 48.5 Å². The molecule has 0 unspecified atom stereocenters. The van der Waals surface area contributed by atoms with E-state index in [1.165, 1.54) is 19.1 Å². The largest absolute Gasteiger partial charge is 0.497 e. The molecule has 2 aromatic carbocycles. The fourth-order valence-electron chi connectivity index (χ4n) is 2.16. The van der Waals surface area contributed by atoms with Gasteiger partial charge in [-0.15, -0.1) is 0 Å². The van der Waals surface area contributed by atoms with Gasteiger partial charge in [0.2, 0.25) is 5.91 Å². The molecule has 7 nitrogen and oxygen atoms in total. The number of nitrogens with two attached hydrogens (primary N) is 1. The number of rotatable bonds is 7. The first-order valence-corrected chi connectivity index (χ1v) is 7.92. The number of hydrogen-bond donors (Lipinski definition) is 2. The van der Waals surface area contributed by atoms with E-state index >= 15 is 0 Å². The molecule has 0 saturated carbocycles. The molecule has 26 heavy (non-hydrogen) atoms. The van der Waals surface area contributed by atoms with Gasteiger partial charge in [-0.25, -0.2) is 0 Å². The fraction of sp³-hybridized carbons (Fsp3) is 0.211. The van der Waals surface area contributed by atoms with E-state index in [0.717, 1.165) is 5.56 Å². The number of carbonyl (C=O) groups is 3. The van der Waals surface area contributed by atoms with Crippen molar-refractivity contribution in [2.45, 2.75) is 19.4 Å². The van der Waals surface area contributed by atoms with Crippen LogP contribution in [0.25, 0.3) is 0 Å². The summed E-state index contributed by atoms with van der Waals surface area (Å²) in [7, 11) is 1.56. The van der Waals surface area contributed by atoms with E-state index in [2.05, 4.69) is 5.32 Å². The standard InChI is InChI=1S/C19H20N2O5/c1-12(19(24)21-15-7-5-14(6-8-15)18(20)23)26-17(22)11-13-3-9-16(25-2)10-4-13/h3-10,12H,11H2,1-2H3,(H2,20,23)(H,21,24)/t12-/m0/s1. The zero-order valence-electron chi connectivity index (χ0n) is 14.5. The SMILES string of the molecule is COc1ccc(CC(=O)O[C@@H](C)C(=O)Nc2ccc(C(N)=O)cc2)cc1. The molecule has 7 heteroatoms. The molecule has 0 aliphatic heterocycles. The van der Waals surface area contributed by atoms with E-state index in [9.17, 15) is 14.4 Å². The molecule has 0 spiro atoms. The molecule has 136 valence electrons. The Bertz CT molecular complexity index is 785. The summed E-state index contributed by atoms with van der Waals surface area (Å²) in [5.41, 5.74) is 6.72. The first kappa shape index (κ1) is 19.0. The third kappa shape index (κ3) is 5.34. The highest BCUT2D eigenvalue weighted by Crippen LogP contribution is 2.13. The van der Waals surface area contributed by atoms with Crippen LogP contribution in [0.2, 0.25) is 0 Å². The van der Waals surface area contributed by atoms with Crippen LogP contribution < -0.4 is 15.8 Å². The van der Waals surface area contributed by atoms with E-state index in [4.69, 9.17) is 15.2 Å². The van der Waals surface area contributed by atoms with Crippen molar-refractivity contribution in [1.82, 2.24) is 0 Å². The van der Waals surface area contributed by atoms with Gasteiger partial charge in [-0.3, -0.25) is 14.4 Å².